The van der Waals surface area contributed by atoms with E-state index in [1.54, 1.807) is 7.11 Å². The summed E-state index contributed by atoms with van der Waals surface area (Å²) in [7, 11) is 3.84. The summed E-state index contributed by atoms with van der Waals surface area (Å²) in [5, 5.41) is 0. The number of likely N-dealkylation sites (tertiary alicyclic amines) is 1. The molecule has 0 aromatic heterocycles. The van der Waals surface area contributed by atoms with Gasteiger partial charge in [-0.2, -0.15) is 0 Å². The van der Waals surface area contributed by atoms with Gasteiger partial charge in [-0.25, -0.2) is 0 Å². The van der Waals surface area contributed by atoms with E-state index >= 15 is 0 Å². The Morgan fingerprint density at radius 1 is 1.64 bits per heavy atom. The van der Waals surface area contributed by atoms with Gasteiger partial charge in [0.1, 0.15) is 0 Å². The van der Waals surface area contributed by atoms with Crippen molar-refractivity contribution in [3.8, 4) is 0 Å². The number of nitrogens with zero attached hydrogens (tertiary/aromatic N) is 1. The van der Waals surface area contributed by atoms with Gasteiger partial charge < -0.3 is 15.4 Å². The lowest BCUT2D eigenvalue weighted by Gasteiger charge is -2.22. The van der Waals surface area contributed by atoms with E-state index in [1.165, 1.54) is 0 Å². The average Bonchev–Trinajstić information content (AvgIpc) is 2.28. The maximum absolute atomic E-state index is 6.11. The number of ether oxygens (including phenoxy) is 1. The van der Waals surface area contributed by atoms with Crippen LogP contribution in [0.1, 0.15) is 12.8 Å². The Morgan fingerprint density at radius 2 is 2.36 bits per heavy atom. The maximum atomic E-state index is 6.11. The molecule has 1 aliphatic rings. The molecule has 2 N–H and O–H groups in total. The Labute approximate surface area is 68.5 Å². The first-order chi connectivity index (χ1) is 5.16. The van der Waals surface area contributed by atoms with Crippen molar-refractivity contribution in [1.29, 1.82) is 0 Å². The molecule has 0 aromatic carbocycles. The highest BCUT2D eigenvalue weighted by Gasteiger charge is 2.31. The summed E-state index contributed by atoms with van der Waals surface area (Å²) in [5.41, 5.74) is 6.13. The summed E-state index contributed by atoms with van der Waals surface area (Å²) in [4.78, 5) is 2.27. The zero-order valence-corrected chi connectivity index (χ0v) is 7.47. The largest absolute Gasteiger partial charge is 0.385 e. The highest BCUT2D eigenvalue weighted by atomic mass is 16.5. The minimum absolute atomic E-state index is 0.0186. The normalized spacial score (nSPS) is 33.0. The molecule has 0 spiro atoms. The van der Waals surface area contributed by atoms with Crippen LogP contribution in [0.15, 0.2) is 0 Å². The highest BCUT2D eigenvalue weighted by molar-refractivity contribution is 4.92. The molecule has 0 amide bonds. The highest BCUT2D eigenvalue weighted by Crippen LogP contribution is 2.20. The minimum atomic E-state index is 0.0186. The van der Waals surface area contributed by atoms with Crippen LogP contribution in [-0.2, 0) is 4.74 Å². The fraction of sp³-hybridized carbons (Fsp3) is 1.00. The van der Waals surface area contributed by atoms with Gasteiger partial charge in [-0.3, -0.25) is 0 Å². The van der Waals surface area contributed by atoms with Gasteiger partial charge in [0.2, 0.25) is 0 Å². The van der Waals surface area contributed by atoms with Gasteiger partial charge in [0, 0.05) is 25.8 Å². The van der Waals surface area contributed by atoms with E-state index in [1.807, 2.05) is 0 Å². The quantitative estimate of drug-likeness (QED) is 0.631. The van der Waals surface area contributed by atoms with E-state index in [4.69, 9.17) is 10.5 Å². The van der Waals surface area contributed by atoms with Crippen LogP contribution >= 0.6 is 0 Å². The molecule has 1 atom stereocenters. The summed E-state index contributed by atoms with van der Waals surface area (Å²) in [6.45, 7) is 2.92. The van der Waals surface area contributed by atoms with E-state index in [-0.39, 0.29) is 5.54 Å². The maximum Gasteiger partial charge on any atom is 0.0480 e. The number of nitrogens with two attached hydrogens (primary N) is 1. The summed E-state index contributed by atoms with van der Waals surface area (Å²) in [6.07, 6.45) is 2.08. The lowest BCUT2D eigenvalue weighted by Crippen LogP contribution is -2.43. The third-order valence-electron chi connectivity index (χ3n) is 2.38. The van der Waals surface area contributed by atoms with Gasteiger partial charge >= 0.3 is 0 Å². The van der Waals surface area contributed by atoms with Gasteiger partial charge in [-0.15, -0.1) is 0 Å². The van der Waals surface area contributed by atoms with Crippen LogP contribution in [0.5, 0.6) is 0 Å². The molecule has 0 saturated carbocycles. The van der Waals surface area contributed by atoms with Crippen LogP contribution in [0.25, 0.3) is 0 Å². The molecule has 1 heterocycles. The molecule has 0 aliphatic carbocycles. The zero-order chi connectivity index (χ0) is 8.32. The molecule has 0 radical (unpaired) electrons. The summed E-state index contributed by atoms with van der Waals surface area (Å²) in [6, 6.07) is 0. The molecule has 1 saturated heterocycles. The van der Waals surface area contributed by atoms with Crippen molar-refractivity contribution in [2.75, 3.05) is 33.9 Å². The second-order valence-electron chi connectivity index (χ2n) is 3.59. The van der Waals surface area contributed by atoms with Crippen LogP contribution < -0.4 is 5.73 Å². The van der Waals surface area contributed by atoms with Crippen molar-refractivity contribution in [2.45, 2.75) is 18.4 Å². The van der Waals surface area contributed by atoms with Crippen molar-refractivity contribution in [3.05, 3.63) is 0 Å². The van der Waals surface area contributed by atoms with Gasteiger partial charge in [0.15, 0.2) is 0 Å². The van der Waals surface area contributed by atoms with Crippen LogP contribution in [-0.4, -0.2) is 44.3 Å². The van der Waals surface area contributed by atoms with Crippen LogP contribution in [0.4, 0.5) is 0 Å². The van der Waals surface area contributed by atoms with Gasteiger partial charge in [0.05, 0.1) is 0 Å². The van der Waals surface area contributed by atoms with Crippen LogP contribution in [0, 0.1) is 0 Å². The van der Waals surface area contributed by atoms with Crippen LogP contribution in [0.2, 0.25) is 0 Å². The minimum Gasteiger partial charge on any atom is -0.385 e. The molecule has 1 rings (SSSR count). The first-order valence-corrected chi connectivity index (χ1v) is 4.13. The molecular formula is C8H18N2O. The lowest BCUT2D eigenvalue weighted by atomic mass is 9.96. The Bertz CT molecular complexity index is 129. The van der Waals surface area contributed by atoms with Crippen molar-refractivity contribution < 1.29 is 4.74 Å². The monoisotopic (exact) mass is 158 g/mol. The predicted molar refractivity (Wildman–Crippen MR) is 45.5 cm³/mol. The van der Waals surface area contributed by atoms with Crippen molar-refractivity contribution >= 4 is 0 Å². The first-order valence-electron chi connectivity index (χ1n) is 4.13. The smallest absolute Gasteiger partial charge is 0.0480 e. The Kier molecular flexibility index (Phi) is 2.87. The molecule has 1 fully saturated rings. The van der Waals surface area contributed by atoms with E-state index < -0.39 is 0 Å². The van der Waals surface area contributed by atoms with Crippen molar-refractivity contribution in [2.24, 2.45) is 5.73 Å². The number of methoxy groups -OCH3 is 1. The van der Waals surface area contributed by atoms with E-state index in [0.717, 1.165) is 32.5 Å². The molecule has 11 heavy (non-hydrogen) atoms. The Morgan fingerprint density at radius 3 is 2.82 bits per heavy atom. The third kappa shape index (κ3) is 2.43. The van der Waals surface area contributed by atoms with Crippen LogP contribution in [0.3, 0.4) is 0 Å². The molecule has 66 valence electrons. The van der Waals surface area contributed by atoms with E-state index in [9.17, 15) is 0 Å². The number of hydrogen-bond acceptors (Lipinski definition) is 3. The van der Waals surface area contributed by atoms with Gasteiger partial charge in [0.25, 0.3) is 0 Å². The Hall–Kier alpha value is -0.120. The SMILES string of the molecule is COCCC1(N)CCN(C)C1. The molecule has 0 aromatic rings. The topological polar surface area (TPSA) is 38.5 Å². The number of rotatable bonds is 3. The molecular weight excluding hydrogens is 140 g/mol. The average molecular weight is 158 g/mol. The molecule has 0 bridgehead atoms. The fourth-order valence-electron chi connectivity index (χ4n) is 1.62. The van der Waals surface area contributed by atoms with E-state index in [2.05, 4.69) is 11.9 Å². The van der Waals surface area contributed by atoms with E-state index in [0.29, 0.717) is 0 Å². The molecule has 1 unspecified atom stereocenters. The summed E-state index contributed by atoms with van der Waals surface area (Å²) >= 11 is 0. The third-order valence-corrected chi connectivity index (χ3v) is 2.38. The zero-order valence-electron chi connectivity index (χ0n) is 7.47. The van der Waals surface area contributed by atoms with Gasteiger partial charge in [-0.1, -0.05) is 0 Å². The number of likely N-dealkylation sites (N-methyl/N-ethyl adjacent to an activating group) is 1. The lowest BCUT2D eigenvalue weighted by molar-refractivity contribution is 0.169. The second kappa shape index (κ2) is 3.52. The first kappa shape index (κ1) is 8.97. The summed E-state index contributed by atoms with van der Waals surface area (Å²) in [5.74, 6) is 0. The predicted octanol–water partition coefficient (Wildman–Crippen LogP) is 0.0559. The number of hydrogen-bond donors (Lipinski definition) is 1. The molecule has 1 aliphatic heterocycles. The van der Waals surface area contributed by atoms with Crippen molar-refractivity contribution in [1.82, 2.24) is 4.90 Å². The second-order valence-corrected chi connectivity index (χ2v) is 3.59. The standard InChI is InChI=1S/C8H18N2O/c1-10-5-3-8(9,7-10)4-6-11-2/h3-7,9H2,1-2H3. The summed E-state index contributed by atoms with van der Waals surface area (Å²) < 4.78 is 5.01. The molecule has 3 heteroatoms. The van der Waals surface area contributed by atoms with Crippen molar-refractivity contribution in [3.63, 3.8) is 0 Å². The van der Waals surface area contributed by atoms with Gasteiger partial charge in [-0.05, 0) is 26.4 Å². The fourth-order valence-corrected chi connectivity index (χ4v) is 1.62. The Balaban J connectivity index is 2.29. The molecule has 3 nitrogen and oxygen atoms in total.